The number of nitrogens with one attached hydrogen (secondary N) is 1. The number of carbonyl (C=O) groups excluding carboxylic acids is 1. The predicted molar refractivity (Wildman–Crippen MR) is 69.7 cm³/mol. The molecule has 2 saturated carbocycles. The van der Waals surface area contributed by atoms with Gasteiger partial charge in [0.25, 0.3) is 11.5 Å². The maximum absolute atomic E-state index is 13.1. The van der Waals surface area contributed by atoms with Crippen LogP contribution in [-0.4, -0.2) is 16.4 Å². The summed E-state index contributed by atoms with van der Waals surface area (Å²) in [7, 11) is 0. The zero-order chi connectivity index (χ0) is 14.3. The van der Waals surface area contributed by atoms with Gasteiger partial charge in [-0.2, -0.15) is 0 Å². The predicted octanol–water partition coefficient (Wildman–Crippen LogP) is 2.22. The van der Waals surface area contributed by atoms with Gasteiger partial charge in [-0.25, -0.2) is 8.78 Å². The Kier molecular flexibility index (Phi) is 2.07. The van der Waals surface area contributed by atoms with Gasteiger partial charge in [-0.05, 0) is 46.3 Å². The number of hydrogen-bond donors (Lipinski definition) is 1. The summed E-state index contributed by atoms with van der Waals surface area (Å²) >= 11 is 3.16. The summed E-state index contributed by atoms with van der Waals surface area (Å²) in [5, 5.41) is 2.81. The van der Waals surface area contributed by atoms with Crippen molar-refractivity contribution in [2.24, 2.45) is 5.41 Å². The number of aromatic nitrogens is 1. The third kappa shape index (κ3) is 1.39. The van der Waals surface area contributed by atoms with Gasteiger partial charge in [0.15, 0.2) is 0 Å². The van der Waals surface area contributed by atoms with Crippen molar-refractivity contribution >= 4 is 21.8 Å². The highest BCUT2D eigenvalue weighted by molar-refractivity contribution is 9.10. The lowest BCUT2D eigenvalue weighted by Crippen LogP contribution is -2.67. The van der Waals surface area contributed by atoms with Crippen molar-refractivity contribution in [1.29, 1.82) is 0 Å². The monoisotopic (exact) mass is 344 g/mol. The number of fused-ring (bicyclic) bond motifs is 2. The van der Waals surface area contributed by atoms with Crippen molar-refractivity contribution in [3.63, 3.8) is 0 Å². The zero-order valence-electron chi connectivity index (χ0n) is 10.4. The Morgan fingerprint density at radius 2 is 1.80 bits per heavy atom. The average Bonchev–Trinajstić information content (AvgIpc) is 2.54. The zero-order valence-corrected chi connectivity index (χ0v) is 12.0. The minimum atomic E-state index is -2.59. The van der Waals surface area contributed by atoms with Crippen molar-refractivity contribution in [3.8, 4) is 0 Å². The molecule has 4 rings (SSSR count). The third-order valence-corrected chi connectivity index (χ3v) is 5.25. The Morgan fingerprint density at radius 3 is 2.40 bits per heavy atom. The fourth-order valence-corrected chi connectivity index (χ4v) is 4.49. The van der Waals surface area contributed by atoms with Crippen LogP contribution < -0.4 is 10.9 Å². The Bertz CT molecular complexity index is 697. The molecular weight excluding hydrogens is 334 g/mol. The van der Waals surface area contributed by atoms with Crippen molar-refractivity contribution in [2.45, 2.75) is 37.3 Å². The highest BCUT2D eigenvalue weighted by Crippen LogP contribution is 2.67. The number of pyridine rings is 1. The van der Waals surface area contributed by atoms with Crippen LogP contribution in [0.3, 0.4) is 0 Å². The topological polar surface area (TPSA) is 51.1 Å². The van der Waals surface area contributed by atoms with Crippen LogP contribution >= 0.6 is 15.9 Å². The summed E-state index contributed by atoms with van der Waals surface area (Å²) in [4.78, 5) is 24.2. The Balaban J connectivity index is 1.74. The van der Waals surface area contributed by atoms with Crippen LogP contribution in [0, 0.1) is 5.41 Å². The maximum atomic E-state index is 13.1. The van der Waals surface area contributed by atoms with Gasteiger partial charge in [0.1, 0.15) is 11.4 Å². The first-order chi connectivity index (χ1) is 9.26. The number of rotatable bonds is 0. The first-order valence-electron chi connectivity index (χ1n) is 6.39. The van der Waals surface area contributed by atoms with Crippen LogP contribution in [0.25, 0.3) is 0 Å². The molecule has 0 saturated heterocycles. The summed E-state index contributed by atoms with van der Waals surface area (Å²) in [5.41, 5.74) is -1.20. The molecule has 0 radical (unpaired) electrons. The summed E-state index contributed by atoms with van der Waals surface area (Å²) in [6, 6.07) is 3.12. The Hall–Kier alpha value is -1.24. The third-order valence-electron chi connectivity index (χ3n) is 4.64. The van der Waals surface area contributed by atoms with E-state index in [0.29, 0.717) is 23.0 Å². The maximum Gasteiger partial charge on any atom is 0.269 e. The number of halogens is 3. The van der Waals surface area contributed by atoms with Gasteiger partial charge in [0, 0.05) is 12.8 Å². The molecule has 2 aliphatic carbocycles. The first kappa shape index (κ1) is 12.5. The second kappa shape index (κ2) is 3.32. The van der Waals surface area contributed by atoms with Crippen molar-refractivity contribution < 1.29 is 13.6 Å². The second-order valence-corrected chi connectivity index (χ2v) is 7.11. The van der Waals surface area contributed by atoms with Crippen LogP contribution in [0.2, 0.25) is 0 Å². The lowest BCUT2D eigenvalue weighted by molar-refractivity contribution is -0.228. The Morgan fingerprint density at radius 1 is 1.15 bits per heavy atom. The van der Waals surface area contributed by atoms with E-state index >= 15 is 0 Å². The fraction of sp³-hybridized carbons (Fsp3) is 0.538. The van der Waals surface area contributed by atoms with E-state index in [1.165, 1.54) is 4.57 Å². The molecule has 7 heteroatoms. The summed E-state index contributed by atoms with van der Waals surface area (Å²) in [5.74, 6) is -2.90. The van der Waals surface area contributed by atoms with Crippen molar-refractivity contribution in [2.75, 3.05) is 0 Å². The smallest absolute Gasteiger partial charge is 0.269 e. The van der Waals surface area contributed by atoms with E-state index in [0.717, 1.165) is 0 Å². The molecule has 4 nitrogen and oxygen atoms in total. The van der Waals surface area contributed by atoms with Crippen LogP contribution in [0.15, 0.2) is 21.4 Å². The standard InChI is InChI=1S/C13H11BrF2N2O2/c14-7-1-2-8-9(19)17-13(18(8)10(7)20)5-11(6-13)3-12(15,16)4-11/h1-2H,3-6H2,(H,17,19). The lowest BCUT2D eigenvalue weighted by atomic mass is 9.50. The Labute approximate surface area is 121 Å². The molecule has 0 atom stereocenters. The van der Waals surface area contributed by atoms with Gasteiger partial charge in [-0.15, -0.1) is 0 Å². The molecule has 0 unspecified atom stereocenters. The number of amides is 1. The van der Waals surface area contributed by atoms with Crippen LogP contribution in [-0.2, 0) is 5.66 Å². The molecule has 1 N–H and O–H groups in total. The molecule has 3 aliphatic rings. The van der Waals surface area contributed by atoms with E-state index in [2.05, 4.69) is 21.2 Å². The molecule has 20 heavy (non-hydrogen) atoms. The molecular formula is C13H11BrF2N2O2. The molecule has 2 heterocycles. The van der Waals surface area contributed by atoms with Crippen molar-refractivity contribution in [3.05, 3.63) is 32.7 Å². The van der Waals surface area contributed by atoms with E-state index in [1.54, 1.807) is 12.1 Å². The fourth-order valence-electron chi connectivity index (χ4n) is 4.18. The summed E-state index contributed by atoms with van der Waals surface area (Å²) in [6.45, 7) is 0. The normalized spacial score (nSPS) is 26.9. The molecule has 2 fully saturated rings. The van der Waals surface area contributed by atoms with E-state index < -0.39 is 17.0 Å². The van der Waals surface area contributed by atoms with E-state index in [1.807, 2.05) is 0 Å². The van der Waals surface area contributed by atoms with Crippen LogP contribution in [0.1, 0.15) is 36.2 Å². The summed E-state index contributed by atoms with van der Waals surface area (Å²) < 4.78 is 28.0. The van der Waals surface area contributed by atoms with E-state index in [9.17, 15) is 18.4 Å². The van der Waals surface area contributed by atoms with Gasteiger partial charge in [0.05, 0.1) is 4.47 Å². The largest absolute Gasteiger partial charge is 0.327 e. The number of alkyl halides is 2. The SMILES string of the molecule is O=C1NC2(CC3(CC(F)(F)C3)C2)n2c1ccc(Br)c2=O. The van der Waals surface area contributed by atoms with E-state index in [-0.39, 0.29) is 24.3 Å². The molecule has 1 aromatic heterocycles. The van der Waals surface area contributed by atoms with Crippen LogP contribution in [0.4, 0.5) is 8.78 Å². The molecule has 1 aromatic rings. The lowest BCUT2D eigenvalue weighted by Gasteiger charge is -2.61. The van der Waals surface area contributed by atoms with Gasteiger partial charge in [0.2, 0.25) is 5.92 Å². The van der Waals surface area contributed by atoms with Gasteiger partial charge in [-0.3, -0.25) is 14.2 Å². The molecule has 1 amide bonds. The number of carbonyl (C=O) groups is 1. The van der Waals surface area contributed by atoms with Gasteiger partial charge >= 0.3 is 0 Å². The number of nitrogens with zero attached hydrogens (tertiary/aromatic N) is 1. The molecule has 0 aromatic carbocycles. The van der Waals surface area contributed by atoms with Gasteiger partial charge < -0.3 is 5.32 Å². The minimum absolute atomic E-state index is 0.143. The second-order valence-electron chi connectivity index (χ2n) is 6.26. The average molecular weight is 345 g/mol. The highest BCUT2D eigenvalue weighted by atomic mass is 79.9. The first-order valence-corrected chi connectivity index (χ1v) is 7.18. The van der Waals surface area contributed by atoms with Crippen LogP contribution in [0.5, 0.6) is 0 Å². The number of hydrogen-bond acceptors (Lipinski definition) is 2. The molecule has 0 bridgehead atoms. The minimum Gasteiger partial charge on any atom is -0.327 e. The van der Waals surface area contributed by atoms with E-state index in [4.69, 9.17) is 0 Å². The van der Waals surface area contributed by atoms with Crippen molar-refractivity contribution in [1.82, 2.24) is 9.88 Å². The highest BCUT2D eigenvalue weighted by Gasteiger charge is 2.69. The quantitative estimate of drug-likeness (QED) is 0.784. The molecule has 106 valence electrons. The van der Waals surface area contributed by atoms with Gasteiger partial charge in [-0.1, -0.05) is 0 Å². The molecule has 2 spiro atoms. The molecule has 1 aliphatic heterocycles. The summed E-state index contributed by atoms with van der Waals surface area (Å²) in [6.07, 6.45) is 0.529.